The van der Waals surface area contributed by atoms with Crippen LogP contribution in [0.25, 0.3) is 10.9 Å². The molecule has 0 radical (unpaired) electrons. The highest BCUT2D eigenvalue weighted by Gasteiger charge is 2.32. The number of ether oxygens (including phenoxy) is 1. The van der Waals surface area contributed by atoms with Crippen molar-refractivity contribution in [3.05, 3.63) is 70.3 Å². The van der Waals surface area contributed by atoms with E-state index in [0.29, 0.717) is 0 Å². The van der Waals surface area contributed by atoms with E-state index < -0.39 is 17.9 Å². The zero-order valence-electron chi connectivity index (χ0n) is 14.1. The number of hydrogen-bond acceptors (Lipinski definition) is 3. The van der Waals surface area contributed by atoms with Gasteiger partial charge in [0, 0.05) is 27.5 Å². The van der Waals surface area contributed by atoms with Gasteiger partial charge in [0.15, 0.2) is 5.92 Å². The van der Waals surface area contributed by atoms with Gasteiger partial charge < -0.3 is 14.8 Å². The molecule has 0 aliphatic rings. The third-order valence-corrected chi connectivity index (χ3v) is 5.05. The molecule has 0 bridgehead atoms. The van der Waals surface area contributed by atoms with Crippen LogP contribution in [-0.2, 0) is 14.3 Å². The summed E-state index contributed by atoms with van der Waals surface area (Å²) >= 11 is 3.42. The summed E-state index contributed by atoms with van der Waals surface area (Å²) in [5.74, 6) is -3.42. The Hall–Kier alpha value is -2.60. The second-order valence-electron chi connectivity index (χ2n) is 6.04. The fourth-order valence-corrected chi connectivity index (χ4v) is 3.46. The molecule has 0 aliphatic carbocycles. The summed E-state index contributed by atoms with van der Waals surface area (Å²) < 4.78 is 5.63. The minimum absolute atomic E-state index is 0.117. The molecule has 6 heteroatoms. The molecule has 2 atom stereocenters. The molecule has 2 aromatic carbocycles. The van der Waals surface area contributed by atoms with E-state index >= 15 is 0 Å². The van der Waals surface area contributed by atoms with Gasteiger partial charge in [0.2, 0.25) is 0 Å². The highest BCUT2D eigenvalue weighted by molar-refractivity contribution is 9.10. The van der Waals surface area contributed by atoms with Crippen LogP contribution < -0.4 is 0 Å². The normalized spacial score (nSPS) is 13.3. The number of aromatic amines is 1. The summed E-state index contributed by atoms with van der Waals surface area (Å²) in [6.07, 6.45) is 2.00. The third-order valence-electron chi connectivity index (χ3n) is 4.52. The maximum Gasteiger partial charge on any atom is 0.320 e. The Morgan fingerprint density at radius 2 is 1.85 bits per heavy atom. The van der Waals surface area contributed by atoms with Gasteiger partial charge in [-0.25, -0.2) is 0 Å². The van der Waals surface area contributed by atoms with Crippen LogP contribution in [0.15, 0.2) is 59.2 Å². The number of hydrogen-bond donors (Lipinski definition) is 2. The van der Waals surface area contributed by atoms with Crippen LogP contribution in [0.2, 0.25) is 0 Å². The Bertz CT molecular complexity index is 932. The first kappa shape index (κ1) is 18.2. The van der Waals surface area contributed by atoms with Crippen LogP contribution in [0, 0.1) is 5.92 Å². The number of carboxylic acid groups (broad SMARTS) is 1. The van der Waals surface area contributed by atoms with Gasteiger partial charge in [-0.05, 0) is 35.7 Å². The molecule has 1 aromatic heterocycles. The Labute approximate surface area is 159 Å². The zero-order valence-corrected chi connectivity index (χ0v) is 15.7. The van der Waals surface area contributed by atoms with Gasteiger partial charge in [-0.15, -0.1) is 0 Å². The number of methoxy groups -OCH3 is 1. The fraction of sp³-hybridized carbons (Fsp3) is 0.200. The molecule has 0 aliphatic heterocycles. The van der Waals surface area contributed by atoms with Crippen LogP contribution in [0.5, 0.6) is 0 Å². The van der Waals surface area contributed by atoms with E-state index in [0.717, 1.165) is 26.5 Å². The summed E-state index contributed by atoms with van der Waals surface area (Å²) in [6.45, 7) is 0. The number of para-hydroxylation sites is 1. The van der Waals surface area contributed by atoms with Crippen molar-refractivity contribution < 1.29 is 19.4 Å². The molecule has 0 amide bonds. The van der Waals surface area contributed by atoms with Crippen molar-refractivity contribution >= 4 is 38.8 Å². The number of carbonyl (C=O) groups excluding carboxylic acids is 1. The molecule has 0 spiro atoms. The van der Waals surface area contributed by atoms with Crippen molar-refractivity contribution in [3.8, 4) is 0 Å². The number of H-pyrrole nitrogens is 1. The van der Waals surface area contributed by atoms with Crippen molar-refractivity contribution in [2.75, 3.05) is 7.11 Å². The van der Waals surface area contributed by atoms with E-state index in [2.05, 4.69) is 20.9 Å². The number of aromatic nitrogens is 1. The van der Waals surface area contributed by atoms with Gasteiger partial charge in [-0.1, -0.05) is 46.3 Å². The second kappa shape index (κ2) is 7.74. The minimum Gasteiger partial charge on any atom is -0.481 e. The first-order valence-electron chi connectivity index (χ1n) is 8.13. The summed E-state index contributed by atoms with van der Waals surface area (Å²) in [5.41, 5.74) is 2.86. The van der Waals surface area contributed by atoms with Crippen LogP contribution >= 0.6 is 15.9 Å². The summed E-state index contributed by atoms with van der Waals surface area (Å²) in [5, 5.41) is 10.5. The predicted octanol–water partition coefficient (Wildman–Crippen LogP) is 4.33. The molecule has 2 unspecified atom stereocenters. The molecule has 134 valence electrons. The number of aliphatic carboxylic acids is 1. The van der Waals surface area contributed by atoms with Crippen molar-refractivity contribution in [1.29, 1.82) is 0 Å². The van der Waals surface area contributed by atoms with Crippen LogP contribution in [0.3, 0.4) is 0 Å². The Morgan fingerprint density at radius 1 is 1.15 bits per heavy atom. The maximum absolute atomic E-state index is 12.0. The standard InChI is InChI=1S/C20H18BrNO4/c1-26-20(25)16(19(23)24)10-15(12-6-8-13(21)9-7-12)17-11-22-18-5-3-2-4-14(17)18/h2-9,11,15-16,22H,10H2,1H3,(H,23,24). The molecule has 5 nitrogen and oxygen atoms in total. The maximum atomic E-state index is 12.0. The summed E-state index contributed by atoms with van der Waals surface area (Å²) in [4.78, 5) is 26.8. The lowest BCUT2D eigenvalue weighted by atomic mass is 9.83. The van der Waals surface area contributed by atoms with E-state index in [9.17, 15) is 14.7 Å². The summed E-state index contributed by atoms with van der Waals surface area (Å²) in [6, 6.07) is 15.5. The Kier molecular flexibility index (Phi) is 5.42. The van der Waals surface area contributed by atoms with E-state index in [4.69, 9.17) is 4.74 Å². The lowest BCUT2D eigenvalue weighted by Gasteiger charge is -2.20. The number of benzene rings is 2. The van der Waals surface area contributed by atoms with Gasteiger partial charge in [-0.2, -0.15) is 0 Å². The van der Waals surface area contributed by atoms with Crippen LogP contribution in [0.4, 0.5) is 0 Å². The number of nitrogens with one attached hydrogen (secondary N) is 1. The number of fused-ring (bicyclic) bond motifs is 1. The largest absolute Gasteiger partial charge is 0.481 e. The van der Waals surface area contributed by atoms with Crippen molar-refractivity contribution in [3.63, 3.8) is 0 Å². The monoisotopic (exact) mass is 415 g/mol. The topological polar surface area (TPSA) is 79.4 Å². The highest BCUT2D eigenvalue weighted by Crippen LogP contribution is 2.36. The van der Waals surface area contributed by atoms with Crippen molar-refractivity contribution in [1.82, 2.24) is 4.98 Å². The fourth-order valence-electron chi connectivity index (χ4n) is 3.20. The molecular weight excluding hydrogens is 398 g/mol. The number of rotatable bonds is 6. The van der Waals surface area contributed by atoms with Gasteiger partial charge in [0.25, 0.3) is 0 Å². The number of carboxylic acids is 1. The molecule has 1 heterocycles. The predicted molar refractivity (Wildman–Crippen MR) is 102 cm³/mol. The average molecular weight is 416 g/mol. The minimum atomic E-state index is -1.23. The first-order chi connectivity index (χ1) is 12.5. The lowest BCUT2D eigenvalue weighted by Crippen LogP contribution is -2.27. The molecule has 0 saturated carbocycles. The SMILES string of the molecule is COC(=O)C(CC(c1ccc(Br)cc1)c1c[nH]c2ccccc12)C(=O)O. The third kappa shape index (κ3) is 3.65. The van der Waals surface area contributed by atoms with E-state index in [1.54, 1.807) is 0 Å². The van der Waals surface area contributed by atoms with Crippen LogP contribution in [-0.4, -0.2) is 29.1 Å². The Balaban J connectivity index is 2.08. The lowest BCUT2D eigenvalue weighted by molar-refractivity contribution is -0.157. The van der Waals surface area contributed by atoms with Gasteiger partial charge in [0.1, 0.15) is 0 Å². The van der Waals surface area contributed by atoms with Crippen LogP contribution in [0.1, 0.15) is 23.5 Å². The molecule has 26 heavy (non-hydrogen) atoms. The number of carbonyl (C=O) groups is 2. The molecule has 0 saturated heterocycles. The Morgan fingerprint density at radius 3 is 2.50 bits per heavy atom. The first-order valence-corrected chi connectivity index (χ1v) is 8.92. The summed E-state index contributed by atoms with van der Waals surface area (Å²) in [7, 11) is 1.21. The average Bonchev–Trinajstić information content (AvgIpc) is 3.07. The van der Waals surface area contributed by atoms with Gasteiger partial charge in [-0.3, -0.25) is 9.59 Å². The smallest absolute Gasteiger partial charge is 0.320 e. The molecule has 0 fully saturated rings. The number of halogens is 1. The zero-order chi connectivity index (χ0) is 18.7. The van der Waals surface area contributed by atoms with Gasteiger partial charge >= 0.3 is 11.9 Å². The molecule has 2 N–H and O–H groups in total. The molecular formula is C20H18BrNO4. The van der Waals surface area contributed by atoms with Gasteiger partial charge in [0.05, 0.1) is 7.11 Å². The van der Waals surface area contributed by atoms with E-state index in [1.807, 2.05) is 54.7 Å². The highest BCUT2D eigenvalue weighted by atomic mass is 79.9. The second-order valence-corrected chi connectivity index (χ2v) is 6.96. The van der Waals surface area contributed by atoms with Crippen molar-refractivity contribution in [2.24, 2.45) is 5.92 Å². The van der Waals surface area contributed by atoms with E-state index in [1.165, 1.54) is 7.11 Å². The van der Waals surface area contributed by atoms with Crippen molar-refractivity contribution in [2.45, 2.75) is 12.3 Å². The van der Waals surface area contributed by atoms with E-state index in [-0.39, 0.29) is 12.3 Å². The number of esters is 1. The molecule has 3 aromatic rings. The quantitative estimate of drug-likeness (QED) is 0.463. The molecule has 3 rings (SSSR count).